The first-order valence-electron chi connectivity index (χ1n) is 7.66. The number of ether oxygens (including phenoxy) is 2. The standard InChI is InChI=1S/C16H18ClN3O3S/c1-22-9-15-19-13(10-24-15)16(21)23-12-4-6-20(7-5-12)14-3-2-11(17)8-18-14/h2-3,8,10,12H,4-7,9H2,1H3. The number of carbonyl (C=O) groups excluding carboxylic acids is 1. The molecule has 0 saturated carbocycles. The Hall–Kier alpha value is -1.70. The molecule has 1 aliphatic rings. The highest BCUT2D eigenvalue weighted by Gasteiger charge is 2.24. The van der Waals surface area contributed by atoms with E-state index in [0.717, 1.165) is 36.8 Å². The number of carbonyl (C=O) groups is 1. The molecule has 0 spiro atoms. The summed E-state index contributed by atoms with van der Waals surface area (Å²) in [4.78, 5) is 22.9. The predicted octanol–water partition coefficient (Wildman–Crippen LogP) is 3.16. The number of hydrogen-bond acceptors (Lipinski definition) is 7. The smallest absolute Gasteiger partial charge is 0.358 e. The minimum Gasteiger partial charge on any atom is -0.457 e. The molecular formula is C16H18ClN3O3S. The summed E-state index contributed by atoms with van der Waals surface area (Å²) in [7, 11) is 1.60. The van der Waals surface area contributed by atoms with Gasteiger partial charge in [0.25, 0.3) is 0 Å². The van der Waals surface area contributed by atoms with Gasteiger partial charge in [0.05, 0.1) is 11.6 Å². The molecule has 2 aromatic rings. The average Bonchev–Trinajstić information content (AvgIpc) is 3.06. The Morgan fingerprint density at radius 2 is 2.21 bits per heavy atom. The molecule has 128 valence electrons. The van der Waals surface area contributed by atoms with Gasteiger partial charge in [0.2, 0.25) is 0 Å². The van der Waals surface area contributed by atoms with Crippen molar-refractivity contribution in [1.82, 2.24) is 9.97 Å². The van der Waals surface area contributed by atoms with Crippen molar-refractivity contribution in [2.45, 2.75) is 25.6 Å². The van der Waals surface area contributed by atoms with Crippen LogP contribution in [0.3, 0.4) is 0 Å². The van der Waals surface area contributed by atoms with Gasteiger partial charge in [0.15, 0.2) is 5.69 Å². The van der Waals surface area contributed by atoms with Crippen LogP contribution in [0.2, 0.25) is 5.02 Å². The quantitative estimate of drug-likeness (QED) is 0.756. The van der Waals surface area contributed by atoms with E-state index in [0.29, 0.717) is 17.3 Å². The highest BCUT2D eigenvalue weighted by atomic mass is 35.5. The van der Waals surface area contributed by atoms with E-state index in [9.17, 15) is 4.79 Å². The molecule has 0 radical (unpaired) electrons. The van der Waals surface area contributed by atoms with Crippen molar-refractivity contribution in [3.8, 4) is 0 Å². The SMILES string of the molecule is COCc1nc(C(=O)OC2CCN(c3ccc(Cl)cn3)CC2)cs1. The Kier molecular flexibility index (Phi) is 5.65. The van der Waals surface area contributed by atoms with Gasteiger partial charge in [-0.25, -0.2) is 14.8 Å². The molecule has 0 amide bonds. The number of hydrogen-bond donors (Lipinski definition) is 0. The Balaban J connectivity index is 1.51. The van der Waals surface area contributed by atoms with Crippen LogP contribution in [-0.2, 0) is 16.1 Å². The zero-order valence-electron chi connectivity index (χ0n) is 13.3. The number of thiazole rings is 1. The third-order valence-electron chi connectivity index (χ3n) is 3.78. The van der Waals surface area contributed by atoms with Crippen LogP contribution in [0.5, 0.6) is 0 Å². The number of nitrogens with zero attached hydrogens (tertiary/aromatic N) is 3. The molecule has 1 fully saturated rings. The molecular weight excluding hydrogens is 350 g/mol. The highest BCUT2D eigenvalue weighted by Crippen LogP contribution is 2.22. The van der Waals surface area contributed by atoms with Gasteiger partial charge in [-0.2, -0.15) is 0 Å². The first-order chi connectivity index (χ1) is 11.7. The summed E-state index contributed by atoms with van der Waals surface area (Å²) in [6.07, 6.45) is 3.09. The Labute approximate surface area is 149 Å². The van der Waals surface area contributed by atoms with E-state index in [2.05, 4.69) is 14.9 Å². The van der Waals surface area contributed by atoms with Crippen molar-refractivity contribution >= 4 is 34.7 Å². The average molecular weight is 368 g/mol. The van der Waals surface area contributed by atoms with Gasteiger partial charge < -0.3 is 14.4 Å². The fourth-order valence-electron chi connectivity index (χ4n) is 2.56. The van der Waals surface area contributed by atoms with Crippen molar-refractivity contribution in [2.24, 2.45) is 0 Å². The van der Waals surface area contributed by atoms with Gasteiger partial charge in [0, 0.05) is 44.6 Å². The maximum absolute atomic E-state index is 12.2. The monoisotopic (exact) mass is 367 g/mol. The van der Waals surface area contributed by atoms with Gasteiger partial charge >= 0.3 is 5.97 Å². The minimum atomic E-state index is -0.364. The summed E-state index contributed by atoms with van der Waals surface area (Å²) < 4.78 is 10.6. The summed E-state index contributed by atoms with van der Waals surface area (Å²) >= 11 is 7.26. The normalized spacial score (nSPS) is 15.5. The number of pyridine rings is 1. The third kappa shape index (κ3) is 4.23. The first kappa shape index (κ1) is 17.1. The second kappa shape index (κ2) is 7.92. The Morgan fingerprint density at radius 3 is 2.88 bits per heavy atom. The van der Waals surface area contributed by atoms with Gasteiger partial charge in [-0.05, 0) is 12.1 Å². The van der Waals surface area contributed by atoms with E-state index in [1.165, 1.54) is 11.3 Å². The molecule has 1 aliphatic heterocycles. The zero-order valence-corrected chi connectivity index (χ0v) is 14.8. The van der Waals surface area contributed by atoms with Gasteiger partial charge in [-0.3, -0.25) is 0 Å². The number of aromatic nitrogens is 2. The lowest BCUT2D eigenvalue weighted by Gasteiger charge is -2.32. The molecule has 0 N–H and O–H groups in total. The lowest BCUT2D eigenvalue weighted by molar-refractivity contribution is 0.0238. The van der Waals surface area contributed by atoms with Gasteiger partial charge in [-0.15, -0.1) is 11.3 Å². The molecule has 2 aromatic heterocycles. The fourth-order valence-corrected chi connectivity index (χ4v) is 3.41. The zero-order chi connectivity index (χ0) is 16.9. The predicted molar refractivity (Wildman–Crippen MR) is 92.7 cm³/mol. The Morgan fingerprint density at radius 1 is 1.42 bits per heavy atom. The van der Waals surface area contributed by atoms with Crippen LogP contribution in [0.4, 0.5) is 5.82 Å². The van der Waals surface area contributed by atoms with Gasteiger partial charge in [-0.1, -0.05) is 11.6 Å². The number of anilines is 1. The molecule has 3 heterocycles. The topological polar surface area (TPSA) is 64.6 Å². The van der Waals surface area contributed by atoms with Crippen LogP contribution in [0.25, 0.3) is 0 Å². The maximum Gasteiger partial charge on any atom is 0.358 e. The summed E-state index contributed by atoms with van der Waals surface area (Å²) in [5.41, 5.74) is 0.355. The van der Waals surface area contributed by atoms with E-state index in [4.69, 9.17) is 21.1 Å². The molecule has 6 nitrogen and oxygen atoms in total. The van der Waals surface area contributed by atoms with Crippen LogP contribution < -0.4 is 4.90 Å². The molecule has 0 atom stereocenters. The van der Waals surface area contributed by atoms with Crippen molar-refractivity contribution in [3.63, 3.8) is 0 Å². The third-order valence-corrected chi connectivity index (χ3v) is 4.83. The molecule has 24 heavy (non-hydrogen) atoms. The van der Waals surface area contributed by atoms with Crippen LogP contribution in [0, 0.1) is 0 Å². The van der Waals surface area contributed by atoms with Crippen molar-refractivity contribution in [3.05, 3.63) is 39.4 Å². The van der Waals surface area contributed by atoms with E-state index in [1.807, 2.05) is 12.1 Å². The van der Waals surface area contributed by atoms with Crippen LogP contribution in [-0.4, -0.2) is 42.2 Å². The highest BCUT2D eigenvalue weighted by molar-refractivity contribution is 7.09. The van der Waals surface area contributed by atoms with E-state index < -0.39 is 0 Å². The summed E-state index contributed by atoms with van der Waals surface area (Å²) in [6.45, 7) is 1.99. The summed E-state index contributed by atoms with van der Waals surface area (Å²) in [5.74, 6) is 0.532. The van der Waals surface area contributed by atoms with Crippen LogP contribution >= 0.6 is 22.9 Å². The molecule has 8 heteroatoms. The number of rotatable bonds is 5. The second-order valence-corrected chi connectivity index (χ2v) is 6.86. The van der Waals surface area contributed by atoms with Crippen LogP contribution in [0.1, 0.15) is 28.3 Å². The molecule has 0 aliphatic carbocycles. The van der Waals surface area contributed by atoms with Crippen molar-refractivity contribution < 1.29 is 14.3 Å². The molecule has 3 rings (SSSR count). The number of esters is 1. The largest absolute Gasteiger partial charge is 0.457 e. The second-order valence-electron chi connectivity index (χ2n) is 5.49. The van der Waals surface area contributed by atoms with Crippen molar-refractivity contribution in [2.75, 3.05) is 25.1 Å². The summed E-state index contributed by atoms with van der Waals surface area (Å²) in [6, 6.07) is 3.73. The lowest BCUT2D eigenvalue weighted by Crippen LogP contribution is -2.38. The van der Waals surface area contributed by atoms with Crippen LogP contribution in [0.15, 0.2) is 23.7 Å². The lowest BCUT2D eigenvalue weighted by atomic mass is 10.1. The van der Waals surface area contributed by atoms with E-state index >= 15 is 0 Å². The molecule has 0 aromatic carbocycles. The maximum atomic E-state index is 12.2. The Bertz CT molecular complexity index is 684. The van der Waals surface area contributed by atoms with Crippen molar-refractivity contribution in [1.29, 1.82) is 0 Å². The summed E-state index contributed by atoms with van der Waals surface area (Å²) in [5, 5.41) is 3.11. The van der Waals surface area contributed by atoms with Gasteiger partial charge in [0.1, 0.15) is 16.9 Å². The molecule has 0 unspecified atom stereocenters. The van der Waals surface area contributed by atoms with E-state index in [1.54, 1.807) is 18.7 Å². The molecule has 0 bridgehead atoms. The number of halogens is 1. The minimum absolute atomic E-state index is 0.0892. The number of methoxy groups -OCH3 is 1. The fraction of sp³-hybridized carbons (Fsp3) is 0.438. The van der Waals surface area contributed by atoms with E-state index in [-0.39, 0.29) is 12.1 Å². The molecule has 1 saturated heterocycles. The first-order valence-corrected chi connectivity index (χ1v) is 8.92. The number of piperidine rings is 1.